The van der Waals surface area contributed by atoms with Gasteiger partial charge >= 0.3 is 5.97 Å². The standard InChI is InChI=1S/C22H26ClN5O5/c1-3-26(12-16-6-9-20(23)24-11-16)21-19(28(32)33)13-27(14-25(21)2)18(22(30)31)10-15-4-7-17(29)8-5-15/h4-9,11,18,29H,3,10,12-14H2,1-2H3,(H,30,31)/t18-/m0/s1. The fourth-order valence-corrected chi connectivity index (χ4v) is 4.04. The maximum atomic E-state index is 12.1. The second-order valence-corrected chi connectivity index (χ2v) is 8.23. The number of phenols is 1. The Balaban J connectivity index is 1.88. The summed E-state index contributed by atoms with van der Waals surface area (Å²) in [5, 5.41) is 31.7. The van der Waals surface area contributed by atoms with Crippen LogP contribution >= 0.6 is 11.6 Å². The molecule has 0 aliphatic carbocycles. The van der Waals surface area contributed by atoms with E-state index in [4.69, 9.17) is 11.6 Å². The number of rotatable bonds is 9. The highest BCUT2D eigenvalue weighted by molar-refractivity contribution is 6.29. The third-order valence-electron chi connectivity index (χ3n) is 5.52. The highest BCUT2D eigenvalue weighted by Crippen LogP contribution is 2.26. The lowest BCUT2D eigenvalue weighted by atomic mass is 10.0. The van der Waals surface area contributed by atoms with Gasteiger partial charge in [0.25, 0.3) is 5.70 Å². The molecule has 1 aliphatic rings. The molecule has 2 aromatic rings. The minimum absolute atomic E-state index is 0.0653. The Morgan fingerprint density at radius 3 is 2.48 bits per heavy atom. The second kappa shape index (κ2) is 10.5. The number of nitrogens with zero attached hydrogens (tertiary/aromatic N) is 5. The number of aromatic hydroxyl groups is 1. The zero-order valence-electron chi connectivity index (χ0n) is 18.4. The van der Waals surface area contributed by atoms with Gasteiger partial charge in [-0.25, -0.2) is 4.98 Å². The lowest BCUT2D eigenvalue weighted by Crippen LogP contribution is -2.54. The zero-order chi connectivity index (χ0) is 24.1. The van der Waals surface area contributed by atoms with Gasteiger partial charge in [-0.15, -0.1) is 0 Å². The number of pyridine rings is 1. The van der Waals surface area contributed by atoms with Crippen molar-refractivity contribution < 1.29 is 19.9 Å². The number of hydrogen-bond donors (Lipinski definition) is 2. The van der Waals surface area contributed by atoms with Crippen LogP contribution in [0.25, 0.3) is 0 Å². The number of phenolic OH excluding ortho intramolecular Hbond substituents is 1. The molecule has 0 fully saturated rings. The summed E-state index contributed by atoms with van der Waals surface area (Å²) in [6.45, 7) is 2.90. The lowest BCUT2D eigenvalue weighted by Gasteiger charge is -2.41. The van der Waals surface area contributed by atoms with Crippen molar-refractivity contribution in [2.75, 3.05) is 26.8 Å². The molecule has 10 nitrogen and oxygen atoms in total. The molecule has 0 saturated heterocycles. The van der Waals surface area contributed by atoms with E-state index in [2.05, 4.69) is 4.98 Å². The molecule has 176 valence electrons. The molecule has 33 heavy (non-hydrogen) atoms. The van der Waals surface area contributed by atoms with Crippen LogP contribution in [0, 0.1) is 10.1 Å². The summed E-state index contributed by atoms with van der Waals surface area (Å²) in [5.41, 5.74) is 1.50. The minimum Gasteiger partial charge on any atom is -0.508 e. The summed E-state index contributed by atoms with van der Waals surface area (Å²) in [6.07, 6.45) is 1.78. The van der Waals surface area contributed by atoms with Gasteiger partial charge in [0.05, 0.1) is 18.1 Å². The van der Waals surface area contributed by atoms with Gasteiger partial charge in [-0.1, -0.05) is 29.8 Å². The largest absolute Gasteiger partial charge is 0.508 e. The van der Waals surface area contributed by atoms with Gasteiger partial charge in [0.15, 0.2) is 5.82 Å². The first-order chi connectivity index (χ1) is 15.7. The Morgan fingerprint density at radius 1 is 1.27 bits per heavy atom. The van der Waals surface area contributed by atoms with Gasteiger partial charge in [0.1, 0.15) is 16.9 Å². The van der Waals surface area contributed by atoms with E-state index in [9.17, 15) is 25.1 Å². The Kier molecular flexibility index (Phi) is 7.72. The third-order valence-corrected chi connectivity index (χ3v) is 5.74. The van der Waals surface area contributed by atoms with Crippen LogP contribution in [0.2, 0.25) is 5.15 Å². The first kappa shape index (κ1) is 24.3. The zero-order valence-corrected chi connectivity index (χ0v) is 19.1. The summed E-state index contributed by atoms with van der Waals surface area (Å²) in [4.78, 5) is 32.9. The van der Waals surface area contributed by atoms with Gasteiger partial charge in [-0.2, -0.15) is 0 Å². The highest BCUT2D eigenvalue weighted by atomic mass is 35.5. The smallest absolute Gasteiger partial charge is 0.321 e. The molecule has 2 heterocycles. The molecule has 0 bridgehead atoms. The third kappa shape index (κ3) is 5.91. The molecule has 0 saturated carbocycles. The molecule has 3 rings (SSSR count). The van der Waals surface area contributed by atoms with E-state index >= 15 is 0 Å². The molecule has 11 heteroatoms. The fraction of sp³-hybridized carbons (Fsp3) is 0.364. The maximum Gasteiger partial charge on any atom is 0.321 e. The van der Waals surface area contributed by atoms with Gasteiger partial charge in [0, 0.05) is 26.3 Å². The van der Waals surface area contributed by atoms with E-state index in [-0.39, 0.29) is 31.1 Å². The average molecular weight is 476 g/mol. The van der Waals surface area contributed by atoms with Crippen molar-refractivity contribution >= 4 is 17.6 Å². The number of nitro groups is 1. The van der Waals surface area contributed by atoms with Crippen LogP contribution in [0.4, 0.5) is 0 Å². The quantitative estimate of drug-likeness (QED) is 0.320. The number of carboxylic acid groups (broad SMARTS) is 1. The number of carboxylic acids is 1. The molecule has 1 aliphatic heterocycles. The predicted molar refractivity (Wildman–Crippen MR) is 122 cm³/mol. The first-order valence-corrected chi connectivity index (χ1v) is 10.8. The molecular formula is C22H26ClN5O5. The Morgan fingerprint density at radius 2 is 1.94 bits per heavy atom. The van der Waals surface area contributed by atoms with Crippen molar-refractivity contribution in [3.05, 3.63) is 80.5 Å². The minimum atomic E-state index is -1.07. The van der Waals surface area contributed by atoms with Crippen LogP contribution in [-0.2, 0) is 17.8 Å². The van der Waals surface area contributed by atoms with Crippen LogP contribution < -0.4 is 0 Å². The van der Waals surface area contributed by atoms with Gasteiger partial charge < -0.3 is 20.0 Å². The molecular weight excluding hydrogens is 450 g/mol. The van der Waals surface area contributed by atoms with Gasteiger partial charge in [-0.3, -0.25) is 19.8 Å². The van der Waals surface area contributed by atoms with Crippen LogP contribution in [0.5, 0.6) is 5.75 Å². The molecule has 0 unspecified atom stereocenters. The molecule has 1 atom stereocenters. The predicted octanol–water partition coefficient (Wildman–Crippen LogP) is 2.61. The van der Waals surface area contributed by atoms with E-state index in [0.29, 0.717) is 29.6 Å². The summed E-state index contributed by atoms with van der Waals surface area (Å²) in [5.74, 6) is -0.535. The fourth-order valence-electron chi connectivity index (χ4n) is 3.93. The summed E-state index contributed by atoms with van der Waals surface area (Å²) >= 11 is 5.86. The van der Waals surface area contributed by atoms with Crippen LogP contribution in [0.15, 0.2) is 54.1 Å². The van der Waals surface area contributed by atoms with Crippen molar-refractivity contribution in [1.29, 1.82) is 0 Å². The normalized spacial score (nSPS) is 15.4. The van der Waals surface area contributed by atoms with Crippen molar-refractivity contribution in [3.63, 3.8) is 0 Å². The maximum absolute atomic E-state index is 12.1. The number of carbonyl (C=O) groups is 1. The van der Waals surface area contributed by atoms with E-state index in [1.165, 1.54) is 12.1 Å². The molecule has 0 radical (unpaired) electrons. The van der Waals surface area contributed by atoms with Crippen LogP contribution in [-0.4, -0.2) is 73.6 Å². The van der Waals surface area contributed by atoms with Crippen molar-refractivity contribution in [3.8, 4) is 5.75 Å². The van der Waals surface area contributed by atoms with Gasteiger partial charge in [0.2, 0.25) is 0 Å². The van der Waals surface area contributed by atoms with Crippen molar-refractivity contribution in [1.82, 2.24) is 19.7 Å². The molecule has 0 amide bonds. The van der Waals surface area contributed by atoms with E-state index in [1.54, 1.807) is 41.2 Å². The number of hydrogen-bond acceptors (Lipinski definition) is 8. The second-order valence-electron chi connectivity index (χ2n) is 7.84. The summed E-state index contributed by atoms with van der Waals surface area (Å²) in [7, 11) is 1.72. The molecule has 2 N–H and O–H groups in total. The van der Waals surface area contributed by atoms with Crippen LogP contribution in [0.1, 0.15) is 18.1 Å². The monoisotopic (exact) mass is 475 g/mol. The van der Waals surface area contributed by atoms with E-state index < -0.39 is 16.9 Å². The number of benzene rings is 1. The van der Waals surface area contributed by atoms with Crippen LogP contribution in [0.3, 0.4) is 0 Å². The first-order valence-electron chi connectivity index (χ1n) is 10.4. The molecule has 1 aromatic heterocycles. The molecule has 1 aromatic carbocycles. The Bertz CT molecular complexity index is 1030. The number of aliphatic carboxylic acids is 1. The topological polar surface area (TPSA) is 123 Å². The summed E-state index contributed by atoms with van der Waals surface area (Å²) < 4.78 is 0. The summed E-state index contributed by atoms with van der Waals surface area (Å²) in [6, 6.07) is 8.78. The van der Waals surface area contributed by atoms with Crippen molar-refractivity contribution in [2.24, 2.45) is 0 Å². The molecule has 0 spiro atoms. The number of aromatic nitrogens is 1. The van der Waals surface area contributed by atoms with E-state index in [1.807, 2.05) is 17.9 Å². The highest BCUT2D eigenvalue weighted by Gasteiger charge is 2.38. The van der Waals surface area contributed by atoms with E-state index in [0.717, 1.165) is 5.56 Å². The van der Waals surface area contributed by atoms with Gasteiger partial charge in [-0.05, 0) is 42.7 Å². The van der Waals surface area contributed by atoms with Crippen molar-refractivity contribution in [2.45, 2.75) is 25.9 Å². The average Bonchev–Trinajstić information content (AvgIpc) is 2.78. The lowest BCUT2D eigenvalue weighted by molar-refractivity contribution is -0.434. The SMILES string of the molecule is CCN(Cc1ccc(Cl)nc1)C1=C([N+](=O)[O-])CN([C@@H](Cc2ccc(O)cc2)C(=O)O)CN1C. The Labute approximate surface area is 196 Å². The Hall–Kier alpha value is -3.37. The number of halogens is 1.